The summed E-state index contributed by atoms with van der Waals surface area (Å²) in [4.78, 5) is 12.3. The molecule has 1 heterocycles. The number of ether oxygens (including phenoxy) is 1. The zero-order valence-electron chi connectivity index (χ0n) is 18.1. The predicted molar refractivity (Wildman–Crippen MR) is 131 cm³/mol. The van der Waals surface area contributed by atoms with Crippen LogP contribution in [0.4, 0.5) is 5.69 Å². The number of carbonyl (C=O) groups excluding carboxylic acids is 1. The van der Waals surface area contributed by atoms with Gasteiger partial charge in [0.1, 0.15) is 5.75 Å². The van der Waals surface area contributed by atoms with Crippen molar-refractivity contribution in [2.24, 2.45) is 0 Å². The first-order valence-electron chi connectivity index (χ1n) is 9.94. The highest BCUT2D eigenvalue weighted by atomic mass is 35.5. The van der Waals surface area contributed by atoms with E-state index in [0.717, 1.165) is 16.1 Å². The molecular formula is C23H24Cl2N4O2S. The molecule has 0 spiro atoms. The number of hydrogen-bond donors (Lipinski definition) is 1. The summed E-state index contributed by atoms with van der Waals surface area (Å²) >= 11 is 13.4. The van der Waals surface area contributed by atoms with Gasteiger partial charge in [0.15, 0.2) is 17.1 Å². The SMILES string of the molecule is C=CCn1c(SCC(=O)Nc2ccc(Cl)cc2)nnc1C(C)Oc1cc(C)c(Cl)c(C)c1. The van der Waals surface area contributed by atoms with E-state index < -0.39 is 0 Å². The minimum absolute atomic E-state index is 0.150. The zero-order chi connectivity index (χ0) is 23.3. The molecule has 0 saturated carbocycles. The maximum atomic E-state index is 12.3. The molecule has 0 aliphatic carbocycles. The van der Waals surface area contributed by atoms with E-state index in [2.05, 4.69) is 22.1 Å². The van der Waals surface area contributed by atoms with Crippen LogP contribution in [0.25, 0.3) is 0 Å². The first-order chi connectivity index (χ1) is 15.3. The van der Waals surface area contributed by atoms with Crippen molar-refractivity contribution in [1.29, 1.82) is 0 Å². The second-order valence-electron chi connectivity index (χ2n) is 7.21. The molecule has 6 nitrogen and oxygen atoms in total. The first kappa shape index (κ1) is 24.2. The van der Waals surface area contributed by atoms with Gasteiger partial charge in [0, 0.05) is 22.3 Å². The maximum absolute atomic E-state index is 12.3. The number of thioether (sulfide) groups is 1. The Labute approximate surface area is 202 Å². The molecule has 0 aliphatic heterocycles. The molecule has 0 saturated heterocycles. The van der Waals surface area contributed by atoms with Crippen LogP contribution >= 0.6 is 35.0 Å². The molecule has 2 aromatic carbocycles. The van der Waals surface area contributed by atoms with E-state index in [-0.39, 0.29) is 17.8 Å². The number of amides is 1. The highest BCUT2D eigenvalue weighted by Gasteiger charge is 2.20. The van der Waals surface area contributed by atoms with Crippen LogP contribution in [-0.2, 0) is 11.3 Å². The van der Waals surface area contributed by atoms with Crippen molar-refractivity contribution in [2.45, 2.75) is 38.6 Å². The fraction of sp³-hybridized carbons (Fsp3) is 0.261. The number of carbonyl (C=O) groups is 1. The lowest BCUT2D eigenvalue weighted by Gasteiger charge is -2.17. The summed E-state index contributed by atoms with van der Waals surface area (Å²) in [6.45, 7) is 10.1. The van der Waals surface area contributed by atoms with Crippen molar-refractivity contribution < 1.29 is 9.53 Å². The van der Waals surface area contributed by atoms with Crippen molar-refractivity contribution in [2.75, 3.05) is 11.1 Å². The van der Waals surface area contributed by atoms with Crippen molar-refractivity contribution in [1.82, 2.24) is 14.8 Å². The van der Waals surface area contributed by atoms with E-state index in [9.17, 15) is 4.79 Å². The van der Waals surface area contributed by atoms with E-state index in [1.165, 1.54) is 11.8 Å². The Morgan fingerprint density at radius 2 is 1.88 bits per heavy atom. The summed E-state index contributed by atoms with van der Waals surface area (Å²) in [5, 5.41) is 13.4. The monoisotopic (exact) mass is 490 g/mol. The Morgan fingerprint density at radius 3 is 2.50 bits per heavy atom. The van der Waals surface area contributed by atoms with Crippen LogP contribution < -0.4 is 10.1 Å². The van der Waals surface area contributed by atoms with Gasteiger partial charge in [0.05, 0.1) is 5.75 Å². The number of aromatic nitrogens is 3. The number of benzene rings is 2. The lowest BCUT2D eigenvalue weighted by Crippen LogP contribution is -2.15. The quantitative estimate of drug-likeness (QED) is 0.283. The van der Waals surface area contributed by atoms with E-state index >= 15 is 0 Å². The van der Waals surface area contributed by atoms with Crippen LogP contribution in [0.2, 0.25) is 10.0 Å². The van der Waals surface area contributed by atoms with E-state index in [4.69, 9.17) is 27.9 Å². The van der Waals surface area contributed by atoms with Crippen LogP contribution in [0.15, 0.2) is 54.2 Å². The minimum atomic E-state index is -0.361. The molecule has 1 atom stereocenters. The molecule has 168 valence electrons. The number of rotatable bonds is 9. The average Bonchev–Trinajstić information content (AvgIpc) is 3.15. The van der Waals surface area contributed by atoms with Crippen molar-refractivity contribution >= 4 is 46.6 Å². The second-order valence-corrected chi connectivity index (χ2v) is 8.97. The Morgan fingerprint density at radius 1 is 1.22 bits per heavy atom. The smallest absolute Gasteiger partial charge is 0.234 e. The molecule has 0 bridgehead atoms. The maximum Gasteiger partial charge on any atom is 0.234 e. The van der Waals surface area contributed by atoms with Gasteiger partial charge in [0.2, 0.25) is 5.91 Å². The van der Waals surface area contributed by atoms with Gasteiger partial charge in [-0.15, -0.1) is 16.8 Å². The Bertz CT molecular complexity index is 1090. The van der Waals surface area contributed by atoms with E-state index in [1.807, 2.05) is 37.5 Å². The van der Waals surface area contributed by atoms with Crippen molar-refractivity contribution in [3.63, 3.8) is 0 Å². The molecule has 3 aromatic rings. The standard InChI is InChI=1S/C23H24Cl2N4O2S/c1-5-10-29-22(16(4)31-19-11-14(2)21(25)15(3)12-19)27-28-23(29)32-13-20(30)26-18-8-6-17(24)7-9-18/h5-9,11-12,16H,1,10,13H2,2-4H3,(H,26,30). The third kappa shape index (κ3) is 6.06. The fourth-order valence-electron chi connectivity index (χ4n) is 3.10. The van der Waals surface area contributed by atoms with Crippen LogP contribution in [-0.4, -0.2) is 26.4 Å². The van der Waals surface area contributed by atoms with Gasteiger partial charge in [-0.3, -0.25) is 9.36 Å². The molecule has 32 heavy (non-hydrogen) atoms. The molecule has 0 aliphatic rings. The van der Waals surface area contributed by atoms with Gasteiger partial charge in [-0.2, -0.15) is 0 Å². The average molecular weight is 491 g/mol. The van der Waals surface area contributed by atoms with E-state index in [1.54, 1.807) is 30.3 Å². The topological polar surface area (TPSA) is 69.0 Å². The van der Waals surface area contributed by atoms with Crippen molar-refractivity contribution in [3.8, 4) is 5.75 Å². The summed E-state index contributed by atoms with van der Waals surface area (Å²) in [6, 6.07) is 10.8. The zero-order valence-corrected chi connectivity index (χ0v) is 20.4. The Hall–Kier alpha value is -2.48. The summed E-state index contributed by atoms with van der Waals surface area (Å²) < 4.78 is 8.01. The molecule has 0 radical (unpaired) electrons. The summed E-state index contributed by atoms with van der Waals surface area (Å²) in [5.41, 5.74) is 2.58. The van der Waals surface area contributed by atoms with Gasteiger partial charge < -0.3 is 10.1 Å². The largest absolute Gasteiger partial charge is 0.483 e. The number of halogens is 2. The number of aryl methyl sites for hydroxylation is 2. The van der Waals surface area contributed by atoms with E-state index in [0.29, 0.717) is 34.0 Å². The number of hydrogen-bond acceptors (Lipinski definition) is 5. The number of nitrogens with one attached hydrogen (secondary N) is 1. The summed E-state index contributed by atoms with van der Waals surface area (Å²) in [7, 11) is 0. The highest BCUT2D eigenvalue weighted by Crippen LogP contribution is 2.30. The molecule has 1 N–H and O–H groups in total. The molecule has 3 rings (SSSR count). The Kier molecular flexibility index (Phi) is 8.23. The number of anilines is 1. The van der Waals surface area contributed by atoms with Crippen LogP contribution in [0.1, 0.15) is 30.0 Å². The molecule has 1 aromatic heterocycles. The Balaban J connectivity index is 1.69. The third-order valence-corrected chi connectivity index (χ3v) is 6.42. The number of nitrogens with zero attached hydrogens (tertiary/aromatic N) is 3. The lowest BCUT2D eigenvalue weighted by atomic mass is 10.1. The summed E-state index contributed by atoms with van der Waals surface area (Å²) in [6.07, 6.45) is 1.40. The fourth-order valence-corrected chi connectivity index (χ4v) is 4.09. The van der Waals surface area contributed by atoms with Crippen LogP contribution in [0.3, 0.4) is 0 Å². The highest BCUT2D eigenvalue weighted by molar-refractivity contribution is 7.99. The first-order valence-corrected chi connectivity index (χ1v) is 11.7. The third-order valence-electron chi connectivity index (χ3n) is 4.60. The second kappa shape index (κ2) is 10.9. The molecule has 9 heteroatoms. The van der Waals surface area contributed by atoms with Gasteiger partial charge in [-0.1, -0.05) is 41.0 Å². The minimum Gasteiger partial charge on any atom is -0.483 e. The molecule has 1 amide bonds. The molecule has 1 unspecified atom stereocenters. The van der Waals surface area contributed by atoms with Gasteiger partial charge in [0.25, 0.3) is 0 Å². The normalized spacial score (nSPS) is 11.8. The number of allylic oxidation sites excluding steroid dienone is 1. The molecular weight excluding hydrogens is 467 g/mol. The molecule has 0 fully saturated rings. The van der Waals surface area contributed by atoms with Gasteiger partial charge >= 0.3 is 0 Å². The van der Waals surface area contributed by atoms with Gasteiger partial charge in [-0.25, -0.2) is 0 Å². The van der Waals surface area contributed by atoms with Gasteiger partial charge in [-0.05, 0) is 68.3 Å². The lowest BCUT2D eigenvalue weighted by molar-refractivity contribution is -0.113. The summed E-state index contributed by atoms with van der Waals surface area (Å²) in [5.74, 6) is 1.39. The van der Waals surface area contributed by atoms with Crippen LogP contribution in [0.5, 0.6) is 5.75 Å². The predicted octanol–water partition coefficient (Wildman–Crippen LogP) is 6.26. The van der Waals surface area contributed by atoms with Crippen molar-refractivity contribution in [3.05, 3.63) is 76.0 Å². The van der Waals surface area contributed by atoms with Crippen LogP contribution in [0, 0.1) is 13.8 Å².